The summed E-state index contributed by atoms with van der Waals surface area (Å²) in [6.45, 7) is 8.26. The Morgan fingerprint density at radius 1 is 1.11 bits per heavy atom. The second-order valence-electron chi connectivity index (χ2n) is 7.06. The van der Waals surface area contributed by atoms with Crippen molar-refractivity contribution in [3.63, 3.8) is 0 Å². The Bertz CT molecular complexity index is 1080. The number of hydrogen-bond acceptors (Lipinski definition) is 5. The van der Waals surface area contributed by atoms with Gasteiger partial charge in [0.1, 0.15) is 17.2 Å². The Morgan fingerprint density at radius 3 is 2.32 bits per heavy atom. The molecule has 3 aromatic rings. The standard InChI is InChI=1S/C21H24N2O5/c1-12(2)17-10-16(6-7-18(17)26-5)27-19-13(3)8-15(9-14(19)4)11-23-20(24)22-21(25)28-23/h6-10,12H,11H2,1-5H3,(H,22,24,25). The summed E-state index contributed by atoms with van der Waals surface area (Å²) in [5.41, 5.74) is 3.18. The molecule has 0 radical (unpaired) electrons. The highest BCUT2D eigenvalue weighted by molar-refractivity contribution is 5.48. The van der Waals surface area contributed by atoms with Crippen LogP contribution in [0.4, 0.5) is 0 Å². The van der Waals surface area contributed by atoms with Gasteiger partial charge in [0.15, 0.2) is 0 Å². The Balaban J connectivity index is 1.89. The first-order chi connectivity index (χ1) is 13.3. The van der Waals surface area contributed by atoms with E-state index < -0.39 is 11.4 Å². The number of ether oxygens (including phenoxy) is 2. The Hall–Kier alpha value is -3.22. The molecule has 0 saturated heterocycles. The lowest BCUT2D eigenvalue weighted by atomic mass is 10.0. The van der Waals surface area contributed by atoms with E-state index in [2.05, 4.69) is 18.8 Å². The number of benzene rings is 2. The maximum absolute atomic E-state index is 11.6. The molecule has 28 heavy (non-hydrogen) atoms. The van der Waals surface area contributed by atoms with Crippen LogP contribution in [0.1, 0.15) is 42.0 Å². The van der Waals surface area contributed by atoms with E-state index in [1.54, 1.807) is 7.11 Å². The number of aromatic nitrogens is 2. The van der Waals surface area contributed by atoms with Crippen LogP contribution in [0.2, 0.25) is 0 Å². The van der Waals surface area contributed by atoms with Crippen molar-refractivity contribution >= 4 is 0 Å². The molecule has 2 aromatic carbocycles. The quantitative estimate of drug-likeness (QED) is 0.700. The van der Waals surface area contributed by atoms with Crippen molar-refractivity contribution in [1.29, 1.82) is 0 Å². The van der Waals surface area contributed by atoms with Crippen LogP contribution in [0.25, 0.3) is 0 Å². The second kappa shape index (κ2) is 7.80. The molecule has 0 aliphatic rings. The number of H-pyrrole nitrogens is 1. The zero-order valence-corrected chi connectivity index (χ0v) is 16.7. The first-order valence-electron chi connectivity index (χ1n) is 9.05. The molecule has 0 aliphatic carbocycles. The van der Waals surface area contributed by atoms with E-state index in [4.69, 9.17) is 14.0 Å². The van der Waals surface area contributed by atoms with E-state index in [9.17, 15) is 9.59 Å². The molecule has 7 nitrogen and oxygen atoms in total. The van der Waals surface area contributed by atoms with E-state index in [-0.39, 0.29) is 6.54 Å². The van der Waals surface area contributed by atoms with Crippen LogP contribution in [0.3, 0.4) is 0 Å². The zero-order chi connectivity index (χ0) is 20.4. The molecule has 0 saturated carbocycles. The van der Waals surface area contributed by atoms with Gasteiger partial charge in [-0.05, 0) is 54.7 Å². The molecule has 1 aromatic heterocycles. The third-order valence-electron chi connectivity index (χ3n) is 4.52. The molecular formula is C21H24N2O5. The van der Waals surface area contributed by atoms with Crippen molar-refractivity contribution in [3.05, 3.63) is 73.6 Å². The molecule has 0 unspecified atom stereocenters. The fourth-order valence-corrected chi connectivity index (χ4v) is 3.22. The lowest BCUT2D eigenvalue weighted by Gasteiger charge is -2.17. The normalized spacial score (nSPS) is 11.1. The van der Waals surface area contributed by atoms with E-state index in [1.807, 2.05) is 44.2 Å². The van der Waals surface area contributed by atoms with Crippen molar-refractivity contribution in [2.45, 2.75) is 40.2 Å². The van der Waals surface area contributed by atoms with E-state index in [0.29, 0.717) is 5.92 Å². The van der Waals surface area contributed by atoms with Crippen molar-refractivity contribution in [2.24, 2.45) is 0 Å². The van der Waals surface area contributed by atoms with Crippen molar-refractivity contribution in [2.75, 3.05) is 7.11 Å². The fourth-order valence-electron chi connectivity index (χ4n) is 3.22. The van der Waals surface area contributed by atoms with Gasteiger partial charge in [-0.2, -0.15) is 0 Å². The van der Waals surface area contributed by atoms with Gasteiger partial charge in [0.2, 0.25) is 0 Å². The number of aromatic amines is 1. The highest BCUT2D eigenvalue weighted by atomic mass is 16.5. The molecule has 7 heteroatoms. The number of nitrogens with one attached hydrogen (secondary N) is 1. The Kier molecular flexibility index (Phi) is 5.44. The van der Waals surface area contributed by atoms with Gasteiger partial charge in [-0.1, -0.05) is 26.0 Å². The highest BCUT2D eigenvalue weighted by Crippen LogP contribution is 2.35. The molecule has 148 valence electrons. The fraction of sp³-hybridized carbons (Fsp3) is 0.333. The van der Waals surface area contributed by atoms with Crippen molar-refractivity contribution in [1.82, 2.24) is 9.72 Å². The van der Waals surface area contributed by atoms with Gasteiger partial charge >= 0.3 is 11.4 Å². The summed E-state index contributed by atoms with van der Waals surface area (Å²) in [6.07, 6.45) is 0. The number of hydrogen-bond donors (Lipinski definition) is 1. The minimum Gasteiger partial charge on any atom is -0.496 e. The summed E-state index contributed by atoms with van der Waals surface area (Å²) in [5.74, 6) is 1.86. The van der Waals surface area contributed by atoms with E-state index >= 15 is 0 Å². The van der Waals surface area contributed by atoms with Crippen LogP contribution in [-0.4, -0.2) is 16.8 Å². The van der Waals surface area contributed by atoms with Gasteiger partial charge in [-0.15, -0.1) is 4.74 Å². The molecular weight excluding hydrogens is 360 g/mol. The average molecular weight is 384 g/mol. The molecule has 0 fully saturated rings. The van der Waals surface area contributed by atoms with Gasteiger partial charge in [0, 0.05) is 5.56 Å². The number of aryl methyl sites for hydroxylation is 2. The minimum absolute atomic E-state index is 0.166. The predicted molar refractivity (Wildman–Crippen MR) is 106 cm³/mol. The molecule has 0 amide bonds. The van der Waals surface area contributed by atoms with Crippen molar-refractivity contribution in [3.8, 4) is 17.2 Å². The predicted octanol–water partition coefficient (Wildman–Crippen LogP) is 3.72. The molecule has 0 spiro atoms. The molecule has 3 rings (SSSR count). The van der Waals surface area contributed by atoms with Gasteiger partial charge < -0.3 is 14.0 Å². The number of methoxy groups -OCH3 is 1. The summed E-state index contributed by atoms with van der Waals surface area (Å²) in [6, 6.07) is 9.60. The van der Waals surface area contributed by atoms with Crippen LogP contribution >= 0.6 is 0 Å². The summed E-state index contributed by atoms with van der Waals surface area (Å²) in [5, 5.41) is 0. The SMILES string of the molecule is COc1ccc(Oc2c(C)cc(Cn3oc(=O)[nH]c3=O)cc2C)cc1C(C)C. The van der Waals surface area contributed by atoms with Crippen molar-refractivity contribution < 1.29 is 14.0 Å². The highest BCUT2D eigenvalue weighted by Gasteiger charge is 2.13. The van der Waals surface area contributed by atoms with Gasteiger partial charge in [0.25, 0.3) is 0 Å². The summed E-state index contributed by atoms with van der Waals surface area (Å²) in [4.78, 5) is 24.9. The van der Waals surface area contributed by atoms with Gasteiger partial charge in [-0.25, -0.2) is 14.6 Å². The molecule has 0 aliphatic heterocycles. The zero-order valence-electron chi connectivity index (χ0n) is 16.7. The Labute approximate surface area is 162 Å². The number of rotatable bonds is 6. The van der Waals surface area contributed by atoms with Crippen LogP contribution < -0.4 is 20.9 Å². The first kappa shape index (κ1) is 19.5. The van der Waals surface area contributed by atoms with Crippen LogP contribution in [0.15, 0.2) is 44.4 Å². The maximum Gasteiger partial charge on any atom is 0.440 e. The molecule has 1 N–H and O–H groups in total. The maximum atomic E-state index is 11.6. The van der Waals surface area contributed by atoms with Crippen LogP contribution in [0.5, 0.6) is 17.2 Å². The second-order valence-corrected chi connectivity index (χ2v) is 7.06. The molecule has 0 atom stereocenters. The summed E-state index contributed by atoms with van der Waals surface area (Å²) >= 11 is 0. The Morgan fingerprint density at radius 2 is 1.79 bits per heavy atom. The van der Waals surface area contributed by atoms with E-state index in [0.717, 1.165) is 44.2 Å². The van der Waals surface area contributed by atoms with E-state index in [1.165, 1.54) is 0 Å². The lowest BCUT2D eigenvalue weighted by molar-refractivity contribution is 0.258. The molecule has 1 heterocycles. The topological polar surface area (TPSA) is 86.5 Å². The minimum atomic E-state index is -0.765. The summed E-state index contributed by atoms with van der Waals surface area (Å²) < 4.78 is 17.4. The van der Waals surface area contributed by atoms with Gasteiger partial charge in [-0.3, -0.25) is 0 Å². The lowest BCUT2D eigenvalue weighted by Crippen LogP contribution is -2.17. The third kappa shape index (κ3) is 4.03. The first-order valence-corrected chi connectivity index (χ1v) is 9.05. The average Bonchev–Trinajstić information content (AvgIpc) is 2.95. The van der Waals surface area contributed by atoms with Crippen LogP contribution in [0, 0.1) is 13.8 Å². The monoisotopic (exact) mass is 384 g/mol. The smallest absolute Gasteiger partial charge is 0.440 e. The summed E-state index contributed by atoms with van der Waals surface area (Å²) in [7, 11) is 1.66. The third-order valence-corrected chi connectivity index (χ3v) is 4.52. The van der Waals surface area contributed by atoms with Gasteiger partial charge in [0.05, 0.1) is 13.7 Å². The number of nitrogens with zero attached hydrogens (tertiary/aromatic N) is 1. The molecule has 0 bridgehead atoms. The van der Waals surface area contributed by atoms with Crippen LogP contribution in [-0.2, 0) is 6.54 Å². The largest absolute Gasteiger partial charge is 0.496 e.